The molecule has 0 atom stereocenters. The quantitative estimate of drug-likeness (QED) is 0.912. The summed E-state index contributed by atoms with van der Waals surface area (Å²) in [5.74, 6) is 1.03. The Morgan fingerprint density at radius 3 is 2.52 bits per heavy atom. The van der Waals surface area contributed by atoms with Gasteiger partial charge in [0.05, 0.1) is 17.0 Å². The first-order valence-corrected chi connectivity index (χ1v) is 9.16. The van der Waals surface area contributed by atoms with Gasteiger partial charge in [-0.25, -0.2) is 4.98 Å². The summed E-state index contributed by atoms with van der Waals surface area (Å²) in [6.07, 6.45) is 4.64. The van der Waals surface area contributed by atoms with E-state index in [0.717, 1.165) is 42.8 Å². The Labute approximate surface area is 147 Å². The van der Waals surface area contributed by atoms with E-state index < -0.39 is 0 Å². The molecule has 2 aliphatic heterocycles. The molecule has 1 N–H and O–H groups in total. The number of nitrogens with one attached hydrogen (secondary N) is 1. The number of imidazole rings is 1. The molecule has 1 aromatic heterocycles. The van der Waals surface area contributed by atoms with Crippen LogP contribution in [0.3, 0.4) is 0 Å². The standard InChI is InChI=1S/C19H24N4O2/c1-13-20-16-7-6-14(10-17(16)21-13)18(24)23-11-15(12-23)19(25)22-8-4-2-3-5-9-22/h6-7,10,15H,2-5,8-9,11-12H2,1H3,(H,20,21). The summed E-state index contributed by atoms with van der Waals surface area (Å²) in [6, 6.07) is 5.53. The Bertz CT molecular complexity index is 799. The second-order valence-corrected chi connectivity index (χ2v) is 7.20. The fourth-order valence-corrected chi connectivity index (χ4v) is 3.80. The van der Waals surface area contributed by atoms with Gasteiger partial charge in [-0.2, -0.15) is 0 Å². The van der Waals surface area contributed by atoms with Crippen molar-refractivity contribution in [1.82, 2.24) is 19.8 Å². The van der Waals surface area contributed by atoms with Crippen LogP contribution < -0.4 is 0 Å². The number of nitrogens with zero attached hydrogens (tertiary/aromatic N) is 3. The van der Waals surface area contributed by atoms with Crippen LogP contribution in [-0.4, -0.2) is 57.8 Å². The maximum atomic E-state index is 12.6. The number of likely N-dealkylation sites (tertiary alicyclic amines) is 2. The highest BCUT2D eigenvalue weighted by atomic mass is 16.2. The van der Waals surface area contributed by atoms with Crippen molar-refractivity contribution in [2.45, 2.75) is 32.6 Å². The van der Waals surface area contributed by atoms with Crippen molar-refractivity contribution < 1.29 is 9.59 Å². The number of benzene rings is 1. The van der Waals surface area contributed by atoms with Crippen molar-refractivity contribution in [3.63, 3.8) is 0 Å². The molecule has 0 saturated carbocycles. The first kappa shape index (κ1) is 16.1. The molecular formula is C19H24N4O2. The molecule has 2 aromatic rings. The molecule has 6 nitrogen and oxygen atoms in total. The van der Waals surface area contributed by atoms with Crippen LogP contribution in [-0.2, 0) is 4.79 Å². The van der Waals surface area contributed by atoms with Crippen LogP contribution >= 0.6 is 0 Å². The topological polar surface area (TPSA) is 69.3 Å². The Morgan fingerprint density at radius 1 is 1.08 bits per heavy atom. The lowest BCUT2D eigenvalue weighted by molar-refractivity contribution is -0.139. The molecule has 6 heteroatoms. The van der Waals surface area contributed by atoms with E-state index >= 15 is 0 Å². The van der Waals surface area contributed by atoms with E-state index in [-0.39, 0.29) is 17.7 Å². The monoisotopic (exact) mass is 340 g/mol. The van der Waals surface area contributed by atoms with Gasteiger partial charge in [0.25, 0.3) is 5.91 Å². The van der Waals surface area contributed by atoms with Gasteiger partial charge in [-0.05, 0) is 38.0 Å². The summed E-state index contributed by atoms with van der Waals surface area (Å²) >= 11 is 0. The maximum absolute atomic E-state index is 12.6. The lowest BCUT2D eigenvalue weighted by Gasteiger charge is -2.40. The summed E-state index contributed by atoms with van der Waals surface area (Å²) in [7, 11) is 0. The van der Waals surface area contributed by atoms with Crippen LogP contribution in [0.15, 0.2) is 18.2 Å². The molecule has 3 heterocycles. The molecule has 0 unspecified atom stereocenters. The van der Waals surface area contributed by atoms with Crippen molar-refractivity contribution >= 4 is 22.8 Å². The summed E-state index contributed by atoms with van der Waals surface area (Å²) in [5.41, 5.74) is 2.39. The van der Waals surface area contributed by atoms with Crippen molar-refractivity contribution in [2.24, 2.45) is 5.92 Å². The zero-order valence-corrected chi connectivity index (χ0v) is 14.6. The Hall–Kier alpha value is -2.37. The molecule has 4 rings (SSSR count). The Morgan fingerprint density at radius 2 is 1.80 bits per heavy atom. The molecule has 0 bridgehead atoms. The average molecular weight is 340 g/mol. The van der Waals surface area contributed by atoms with Crippen LogP contribution in [0.4, 0.5) is 0 Å². The van der Waals surface area contributed by atoms with E-state index in [9.17, 15) is 9.59 Å². The number of carbonyl (C=O) groups is 2. The number of H-pyrrole nitrogens is 1. The van der Waals surface area contributed by atoms with Crippen molar-refractivity contribution in [3.8, 4) is 0 Å². The average Bonchev–Trinajstić information content (AvgIpc) is 2.75. The number of hydrogen-bond donors (Lipinski definition) is 1. The van der Waals surface area contributed by atoms with Crippen molar-refractivity contribution in [3.05, 3.63) is 29.6 Å². The number of aromatic nitrogens is 2. The molecule has 2 aliphatic rings. The second kappa shape index (κ2) is 6.50. The van der Waals surface area contributed by atoms with Gasteiger partial charge in [0, 0.05) is 31.7 Å². The number of aryl methyl sites for hydroxylation is 1. The highest BCUT2D eigenvalue weighted by molar-refractivity contribution is 5.98. The van der Waals surface area contributed by atoms with E-state index in [4.69, 9.17) is 0 Å². The largest absolute Gasteiger partial charge is 0.342 e. The Kier molecular flexibility index (Phi) is 4.19. The zero-order chi connectivity index (χ0) is 17.4. The smallest absolute Gasteiger partial charge is 0.253 e. The van der Waals surface area contributed by atoms with Crippen LogP contribution in [0.2, 0.25) is 0 Å². The summed E-state index contributed by atoms with van der Waals surface area (Å²) < 4.78 is 0. The van der Waals surface area contributed by atoms with Crippen LogP contribution in [0, 0.1) is 12.8 Å². The van der Waals surface area contributed by atoms with E-state index in [1.165, 1.54) is 12.8 Å². The van der Waals surface area contributed by atoms with Gasteiger partial charge in [0.1, 0.15) is 5.82 Å². The lowest BCUT2D eigenvalue weighted by Crippen LogP contribution is -2.56. The minimum atomic E-state index is -0.0276. The third-order valence-corrected chi connectivity index (χ3v) is 5.28. The van der Waals surface area contributed by atoms with Crippen molar-refractivity contribution in [2.75, 3.05) is 26.2 Å². The van der Waals surface area contributed by atoms with Gasteiger partial charge < -0.3 is 14.8 Å². The van der Waals surface area contributed by atoms with E-state index in [0.29, 0.717) is 18.7 Å². The Balaban J connectivity index is 1.38. The molecule has 2 fully saturated rings. The highest BCUT2D eigenvalue weighted by Crippen LogP contribution is 2.23. The van der Waals surface area contributed by atoms with Crippen LogP contribution in [0.1, 0.15) is 41.9 Å². The fourth-order valence-electron chi connectivity index (χ4n) is 3.80. The molecule has 1 aromatic carbocycles. The van der Waals surface area contributed by atoms with Gasteiger partial charge in [0.2, 0.25) is 5.91 Å². The molecule has 132 valence electrons. The van der Waals surface area contributed by atoms with E-state index in [1.54, 1.807) is 4.90 Å². The molecule has 0 aliphatic carbocycles. The maximum Gasteiger partial charge on any atom is 0.253 e. The highest BCUT2D eigenvalue weighted by Gasteiger charge is 2.38. The summed E-state index contributed by atoms with van der Waals surface area (Å²) in [5, 5.41) is 0. The predicted octanol–water partition coefficient (Wildman–Crippen LogP) is 2.35. The lowest BCUT2D eigenvalue weighted by atomic mass is 9.97. The fraction of sp³-hybridized carbons (Fsp3) is 0.526. The number of aromatic amines is 1. The number of hydrogen-bond acceptors (Lipinski definition) is 3. The van der Waals surface area contributed by atoms with Crippen molar-refractivity contribution in [1.29, 1.82) is 0 Å². The first-order valence-electron chi connectivity index (χ1n) is 9.16. The normalized spacial score (nSPS) is 18.9. The zero-order valence-electron chi connectivity index (χ0n) is 14.6. The number of rotatable bonds is 2. The van der Waals surface area contributed by atoms with Crippen LogP contribution in [0.5, 0.6) is 0 Å². The first-order chi connectivity index (χ1) is 12.1. The third kappa shape index (κ3) is 3.13. The number of amides is 2. The van der Waals surface area contributed by atoms with Gasteiger partial charge in [-0.1, -0.05) is 12.8 Å². The summed E-state index contributed by atoms with van der Waals surface area (Å²) in [6.45, 7) is 4.72. The molecule has 0 radical (unpaired) electrons. The van der Waals surface area contributed by atoms with Gasteiger partial charge in [0.15, 0.2) is 0 Å². The van der Waals surface area contributed by atoms with E-state index in [2.05, 4.69) is 9.97 Å². The second-order valence-electron chi connectivity index (χ2n) is 7.20. The molecule has 25 heavy (non-hydrogen) atoms. The molecular weight excluding hydrogens is 316 g/mol. The molecule has 0 spiro atoms. The molecule has 2 saturated heterocycles. The minimum Gasteiger partial charge on any atom is -0.342 e. The SMILES string of the molecule is Cc1nc2ccc(C(=O)N3CC(C(=O)N4CCCCCC4)C3)cc2[nH]1. The molecule has 2 amide bonds. The van der Waals surface area contributed by atoms with E-state index in [1.807, 2.05) is 30.0 Å². The van der Waals surface area contributed by atoms with Gasteiger partial charge in [-0.15, -0.1) is 0 Å². The van der Waals surface area contributed by atoms with Crippen LogP contribution in [0.25, 0.3) is 11.0 Å². The number of fused-ring (bicyclic) bond motifs is 1. The predicted molar refractivity (Wildman–Crippen MR) is 95.3 cm³/mol. The third-order valence-electron chi connectivity index (χ3n) is 5.28. The van der Waals surface area contributed by atoms with Gasteiger partial charge >= 0.3 is 0 Å². The summed E-state index contributed by atoms with van der Waals surface area (Å²) in [4.78, 5) is 36.5. The minimum absolute atomic E-state index is 0.00549. The van der Waals surface area contributed by atoms with Gasteiger partial charge in [-0.3, -0.25) is 9.59 Å². The number of carbonyl (C=O) groups excluding carboxylic acids is 2.